The minimum absolute atomic E-state index is 0.443. The number of nitrogens with one attached hydrogen (secondary N) is 1. The molecule has 0 aliphatic rings. The predicted molar refractivity (Wildman–Crippen MR) is 75.6 cm³/mol. The summed E-state index contributed by atoms with van der Waals surface area (Å²) in [6.45, 7) is 8.74. The average molecular weight is 279 g/mol. The summed E-state index contributed by atoms with van der Waals surface area (Å²) in [5, 5.41) is 2.43. The highest BCUT2D eigenvalue weighted by Gasteiger charge is 2.22. The topological polar surface area (TPSA) is 64.6 Å². The molecule has 1 atom stereocenters. The Hall–Kier alpha value is -2.04. The van der Waals surface area contributed by atoms with Crippen LogP contribution in [0.15, 0.2) is 24.3 Å². The Morgan fingerprint density at radius 1 is 1.15 bits per heavy atom. The summed E-state index contributed by atoms with van der Waals surface area (Å²) in [5.41, 5.74) is 0.467. The van der Waals surface area contributed by atoms with Gasteiger partial charge in [-0.25, -0.2) is 9.59 Å². The van der Waals surface area contributed by atoms with Gasteiger partial charge in [-0.1, -0.05) is 17.7 Å². The van der Waals surface area contributed by atoms with Gasteiger partial charge < -0.3 is 14.8 Å². The van der Waals surface area contributed by atoms with Gasteiger partial charge in [-0.3, -0.25) is 0 Å². The van der Waals surface area contributed by atoms with Crippen LogP contribution in [0.4, 0.5) is 4.79 Å². The first-order valence-corrected chi connectivity index (χ1v) is 6.45. The number of carbonyl (C=O) groups excluding carboxylic acids is 2. The summed E-state index contributed by atoms with van der Waals surface area (Å²) < 4.78 is 10.2. The van der Waals surface area contributed by atoms with Crippen LogP contribution < -0.4 is 10.1 Å². The number of benzene rings is 1. The number of hydrogen-bond donors (Lipinski definition) is 1. The summed E-state index contributed by atoms with van der Waals surface area (Å²) in [4.78, 5) is 23.3. The first kappa shape index (κ1) is 16.0. The van der Waals surface area contributed by atoms with Gasteiger partial charge in [0.1, 0.15) is 17.4 Å². The van der Waals surface area contributed by atoms with E-state index in [1.807, 2.05) is 19.1 Å². The Morgan fingerprint density at radius 2 is 1.70 bits per heavy atom. The predicted octanol–water partition coefficient (Wildman–Crippen LogP) is 2.81. The second-order valence-corrected chi connectivity index (χ2v) is 5.60. The van der Waals surface area contributed by atoms with Gasteiger partial charge >= 0.3 is 12.1 Å². The number of ether oxygens (including phenoxy) is 2. The quantitative estimate of drug-likeness (QED) is 0.682. The molecule has 1 N–H and O–H groups in total. The van der Waals surface area contributed by atoms with Crippen LogP contribution in [0.25, 0.3) is 0 Å². The molecule has 20 heavy (non-hydrogen) atoms. The molecule has 1 unspecified atom stereocenters. The molecule has 0 fully saturated rings. The number of alkyl carbamates (subject to hydrolysis) is 1. The van der Waals surface area contributed by atoms with Crippen molar-refractivity contribution in [3.8, 4) is 5.75 Å². The van der Waals surface area contributed by atoms with Gasteiger partial charge in [-0.05, 0) is 46.8 Å². The Balaban J connectivity index is 2.51. The van der Waals surface area contributed by atoms with Crippen LogP contribution in [0.3, 0.4) is 0 Å². The van der Waals surface area contributed by atoms with Crippen molar-refractivity contribution in [2.45, 2.75) is 46.3 Å². The summed E-state index contributed by atoms with van der Waals surface area (Å²) in [6.07, 6.45) is -0.647. The van der Waals surface area contributed by atoms with E-state index < -0.39 is 23.7 Å². The van der Waals surface area contributed by atoms with Crippen LogP contribution in [0.1, 0.15) is 33.3 Å². The van der Waals surface area contributed by atoms with Gasteiger partial charge in [0.05, 0.1) is 0 Å². The molecule has 5 nitrogen and oxygen atoms in total. The molecule has 0 spiro atoms. The molecule has 0 radical (unpaired) electrons. The van der Waals surface area contributed by atoms with Gasteiger partial charge in [-0.2, -0.15) is 0 Å². The number of amides is 1. The number of esters is 1. The lowest BCUT2D eigenvalue weighted by Crippen LogP contribution is -2.43. The largest absolute Gasteiger partial charge is 0.444 e. The highest BCUT2D eigenvalue weighted by atomic mass is 16.6. The second-order valence-electron chi connectivity index (χ2n) is 5.60. The van der Waals surface area contributed by atoms with Crippen LogP contribution in [-0.2, 0) is 9.53 Å². The van der Waals surface area contributed by atoms with E-state index in [0.29, 0.717) is 5.75 Å². The normalized spacial score (nSPS) is 12.4. The lowest BCUT2D eigenvalue weighted by Gasteiger charge is -2.21. The molecule has 0 heterocycles. The number of rotatable bonds is 3. The third-order valence-corrected chi connectivity index (χ3v) is 2.33. The third-order valence-electron chi connectivity index (χ3n) is 2.33. The summed E-state index contributed by atoms with van der Waals surface area (Å²) in [5.74, 6) is -0.0989. The fourth-order valence-electron chi connectivity index (χ4n) is 1.35. The van der Waals surface area contributed by atoms with Gasteiger partial charge in [0.25, 0.3) is 0 Å². The Bertz CT molecular complexity index is 474. The van der Waals surface area contributed by atoms with Crippen molar-refractivity contribution in [2.24, 2.45) is 0 Å². The van der Waals surface area contributed by atoms with Crippen molar-refractivity contribution in [1.29, 1.82) is 0 Å². The highest BCUT2D eigenvalue weighted by molar-refractivity contribution is 5.82. The number of carbonyl (C=O) groups is 2. The van der Waals surface area contributed by atoms with E-state index in [9.17, 15) is 9.59 Å². The molecule has 0 aliphatic heterocycles. The standard InChI is InChI=1S/C15H21NO4/c1-10-6-8-12(9-7-10)19-13(17)11(2)16-14(18)20-15(3,4)5/h6-9,11H,1-5H3,(H,16,18). The van der Waals surface area contributed by atoms with Crippen molar-refractivity contribution in [3.05, 3.63) is 29.8 Å². The Morgan fingerprint density at radius 3 is 2.20 bits per heavy atom. The fraction of sp³-hybridized carbons (Fsp3) is 0.467. The van der Waals surface area contributed by atoms with E-state index in [4.69, 9.17) is 9.47 Å². The maximum absolute atomic E-state index is 11.8. The fourth-order valence-corrected chi connectivity index (χ4v) is 1.35. The van der Waals surface area contributed by atoms with Crippen LogP contribution in [0, 0.1) is 6.92 Å². The molecule has 0 bridgehead atoms. The lowest BCUT2D eigenvalue weighted by molar-refractivity contribution is -0.136. The molecule has 0 aliphatic carbocycles. The summed E-state index contributed by atoms with van der Waals surface area (Å²) in [6, 6.07) is 6.30. The SMILES string of the molecule is Cc1ccc(OC(=O)C(C)NC(=O)OC(C)(C)C)cc1. The van der Waals surface area contributed by atoms with E-state index in [1.165, 1.54) is 0 Å². The zero-order chi connectivity index (χ0) is 15.3. The molecule has 0 aromatic heterocycles. The van der Waals surface area contributed by atoms with E-state index in [2.05, 4.69) is 5.32 Å². The second kappa shape index (κ2) is 6.41. The number of aryl methyl sites for hydroxylation is 1. The van der Waals surface area contributed by atoms with E-state index in [1.54, 1.807) is 39.8 Å². The molecule has 1 rings (SSSR count). The summed E-state index contributed by atoms with van der Waals surface area (Å²) in [7, 11) is 0. The van der Waals surface area contributed by atoms with E-state index in [-0.39, 0.29) is 0 Å². The molecule has 110 valence electrons. The molecule has 0 saturated carbocycles. The monoisotopic (exact) mass is 279 g/mol. The van der Waals surface area contributed by atoms with Crippen molar-refractivity contribution in [3.63, 3.8) is 0 Å². The van der Waals surface area contributed by atoms with Crippen LogP contribution in [0.5, 0.6) is 5.75 Å². The molecular formula is C15H21NO4. The summed E-state index contributed by atoms with van der Waals surface area (Å²) >= 11 is 0. The van der Waals surface area contributed by atoms with Crippen LogP contribution >= 0.6 is 0 Å². The smallest absolute Gasteiger partial charge is 0.408 e. The molecule has 1 aromatic carbocycles. The van der Waals surface area contributed by atoms with E-state index in [0.717, 1.165) is 5.56 Å². The first-order chi connectivity index (χ1) is 9.17. The highest BCUT2D eigenvalue weighted by Crippen LogP contribution is 2.12. The molecule has 0 saturated heterocycles. The maximum atomic E-state index is 11.8. The van der Waals surface area contributed by atoms with Gasteiger partial charge in [-0.15, -0.1) is 0 Å². The van der Waals surface area contributed by atoms with Crippen molar-refractivity contribution < 1.29 is 19.1 Å². The van der Waals surface area contributed by atoms with Gasteiger partial charge in [0.15, 0.2) is 0 Å². The Kier molecular flexibility index (Phi) is 5.13. The zero-order valence-corrected chi connectivity index (χ0v) is 12.5. The van der Waals surface area contributed by atoms with Gasteiger partial charge in [0.2, 0.25) is 0 Å². The van der Waals surface area contributed by atoms with Crippen molar-refractivity contribution >= 4 is 12.1 Å². The minimum Gasteiger partial charge on any atom is -0.444 e. The maximum Gasteiger partial charge on any atom is 0.408 e. The van der Waals surface area contributed by atoms with Gasteiger partial charge in [0, 0.05) is 0 Å². The van der Waals surface area contributed by atoms with Crippen molar-refractivity contribution in [2.75, 3.05) is 0 Å². The molecule has 1 aromatic rings. The lowest BCUT2D eigenvalue weighted by atomic mass is 10.2. The molecule has 1 amide bonds. The third kappa shape index (κ3) is 5.73. The molecular weight excluding hydrogens is 258 g/mol. The number of hydrogen-bond acceptors (Lipinski definition) is 4. The molecule has 5 heteroatoms. The van der Waals surface area contributed by atoms with Crippen LogP contribution in [-0.4, -0.2) is 23.7 Å². The van der Waals surface area contributed by atoms with E-state index >= 15 is 0 Å². The average Bonchev–Trinajstić information content (AvgIpc) is 2.29. The van der Waals surface area contributed by atoms with Crippen molar-refractivity contribution in [1.82, 2.24) is 5.32 Å². The van der Waals surface area contributed by atoms with Crippen LogP contribution in [0.2, 0.25) is 0 Å². The first-order valence-electron chi connectivity index (χ1n) is 6.45. The Labute approximate surface area is 119 Å². The minimum atomic E-state index is -0.786. The zero-order valence-electron chi connectivity index (χ0n) is 12.5.